The van der Waals surface area contributed by atoms with Crippen molar-refractivity contribution in [3.63, 3.8) is 0 Å². The fraction of sp³-hybridized carbons (Fsp3) is 0.500. The molecule has 0 aromatic heterocycles. The Bertz CT molecular complexity index is 307. The molecule has 0 spiro atoms. The van der Waals surface area contributed by atoms with Crippen LogP contribution < -0.4 is 5.73 Å². The predicted octanol–water partition coefficient (Wildman–Crippen LogP) is 3.01. The fourth-order valence-electron chi connectivity index (χ4n) is 1.45. The largest absolute Gasteiger partial charge is 0.330 e. The molecule has 0 amide bonds. The van der Waals surface area contributed by atoms with E-state index in [1.165, 1.54) is 6.07 Å². The summed E-state index contributed by atoms with van der Waals surface area (Å²) in [6.45, 7) is 6.64. The predicted molar refractivity (Wildman–Crippen MR) is 58.0 cm³/mol. The van der Waals surface area contributed by atoms with Crippen LogP contribution in [0.25, 0.3) is 0 Å². The molecule has 0 aliphatic rings. The van der Waals surface area contributed by atoms with Crippen LogP contribution in [0.1, 0.15) is 43.7 Å². The summed E-state index contributed by atoms with van der Waals surface area (Å²) >= 11 is 0. The van der Waals surface area contributed by atoms with Crippen LogP contribution in [0.2, 0.25) is 0 Å². The maximum absolute atomic E-state index is 13.4. The normalized spacial score (nSPS) is 13.3. The summed E-state index contributed by atoms with van der Waals surface area (Å²) in [4.78, 5) is 0. The molecule has 0 bridgehead atoms. The molecule has 1 aromatic carbocycles. The highest BCUT2D eigenvalue weighted by molar-refractivity contribution is 5.29. The van der Waals surface area contributed by atoms with E-state index < -0.39 is 0 Å². The maximum Gasteiger partial charge on any atom is 0.126 e. The lowest BCUT2D eigenvalue weighted by atomic mass is 9.94. The second-order valence-corrected chi connectivity index (χ2v) is 4.07. The van der Waals surface area contributed by atoms with Gasteiger partial charge in [0.05, 0.1) is 0 Å². The van der Waals surface area contributed by atoms with Crippen LogP contribution in [0.4, 0.5) is 4.39 Å². The molecule has 2 N–H and O–H groups in total. The van der Waals surface area contributed by atoms with Crippen molar-refractivity contribution in [3.8, 4) is 0 Å². The van der Waals surface area contributed by atoms with Gasteiger partial charge >= 0.3 is 0 Å². The minimum Gasteiger partial charge on any atom is -0.330 e. The Balaban J connectivity index is 3.06. The van der Waals surface area contributed by atoms with Gasteiger partial charge in [0, 0.05) is 0 Å². The van der Waals surface area contributed by atoms with E-state index in [-0.39, 0.29) is 11.7 Å². The monoisotopic (exact) mass is 195 g/mol. The Hall–Kier alpha value is -0.890. The lowest BCUT2D eigenvalue weighted by molar-refractivity contribution is 0.595. The molecule has 1 nitrogen and oxygen atoms in total. The quantitative estimate of drug-likeness (QED) is 0.788. The highest BCUT2D eigenvalue weighted by Crippen LogP contribution is 2.23. The molecule has 1 aromatic rings. The van der Waals surface area contributed by atoms with Crippen molar-refractivity contribution < 1.29 is 4.39 Å². The first-order valence-electron chi connectivity index (χ1n) is 5.05. The third-order valence-electron chi connectivity index (χ3n) is 2.56. The first-order chi connectivity index (χ1) is 6.56. The molecule has 0 aliphatic carbocycles. The molecular formula is C12H18FN. The molecule has 0 aliphatic heterocycles. The lowest BCUT2D eigenvalue weighted by Crippen LogP contribution is -2.09. The molecule has 1 rings (SSSR count). The van der Waals surface area contributed by atoms with Crippen molar-refractivity contribution in [3.05, 3.63) is 35.1 Å². The Morgan fingerprint density at radius 3 is 2.43 bits per heavy atom. The smallest absolute Gasteiger partial charge is 0.126 e. The summed E-state index contributed by atoms with van der Waals surface area (Å²) in [5.74, 6) is 0.404. The summed E-state index contributed by atoms with van der Waals surface area (Å²) in [6.07, 6.45) is 0. The molecule has 14 heavy (non-hydrogen) atoms. The minimum atomic E-state index is -0.118. The molecule has 0 heterocycles. The van der Waals surface area contributed by atoms with Gasteiger partial charge in [0.25, 0.3) is 0 Å². The van der Waals surface area contributed by atoms with Crippen molar-refractivity contribution in [2.45, 2.75) is 32.6 Å². The highest BCUT2D eigenvalue weighted by atomic mass is 19.1. The van der Waals surface area contributed by atoms with Gasteiger partial charge in [-0.15, -0.1) is 0 Å². The summed E-state index contributed by atoms with van der Waals surface area (Å²) < 4.78 is 13.4. The Morgan fingerprint density at radius 1 is 1.29 bits per heavy atom. The standard InChI is InChI=1S/C12H18FN/c1-8(2)11-6-10(9(3)7-14)4-5-12(11)13/h4-6,8-9H,7,14H2,1-3H3. The van der Waals surface area contributed by atoms with E-state index in [2.05, 4.69) is 6.92 Å². The van der Waals surface area contributed by atoms with Gasteiger partial charge in [0.2, 0.25) is 0 Å². The van der Waals surface area contributed by atoms with Gasteiger partial charge in [-0.25, -0.2) is 4.39 Å². The summed E-state index contributed by atoms with van der Waals surface area (Å²) in [7, 11) is 0. The summed E-state index contributed by atoms with van der Waals surface area (Å²) in [5.41, 5.74) is 7.48. The van der Waals surface area contributed by atoms with Gasteiger partial charge in [-0.1, -0.05) is 32.9 Å². The molecular weight excluding hydrogens is 177 g/mol. The second-order valence-electron chi connectivity index (χ2n) is 4.07. The van der Waals surface area contributed by atoms with Gasteiger partial charge < -0.3 is 5.73 Å². The average molecular weight is 195 g/mol. The molecule has 1 atom stereocenters. The number of hydrogen-bond acceptors (Lipinski definition) is 1. The first-order valence-corrected chi connectivity index (χ1v) is 5.05. The molecule has 0 saturated heterocycles. The summed E-state index contributed by atoms with van der Waals surface area (Å²) in [6, 6.07) is 5.28. The molecule has 0 fully saturated rings. The minimum absolute atomic E-state index is 0.118. The molecule has 0 radical (unpaired) electrons. The van der Waals surface area contributed by atoms with Crippen LogP contribution in [-0.4, -0.2) is 6.54 Å². The Morgan fingerprint density at radius 2 is 1.93 bits per heavy atom. The zero-order valence-electron chi connectivity index (χ0n) is 9.05. The Kier molecular flexibility index (Phi) is 3.64. The van der Waals surface area contributed by atoms with Crippen molar-refractivity contribution in [1.82, 2.24) is 0 Å². The van der Waals surface area contributed by atoms with E-state index in [0.29, 0.717) is 12.5 Å². The first kappa shape index (κ1) is 11.2. The summed E-state index contributed by atoms with van der Waals surface area (Å²) in [5, 5.41) is 0. The van der Waals surface area contributed by atoms with Gasteiger partial charge in [0.15, 0.2) is 0 Å². The SMILES string of the molecule is CC(C)c1cc(C(C)CN)ccc1F. The van der Waals surface area contributed by atoms with Crippen molar-refractivity contribution in [1.29, 1.82) is 0 Å². The molecule has 1 unspecified atom stereocenters. The van der Waals surface area contributed by atoms with E-state index in [1.807, 2.05) is 26.0 Å². The zero-order chi connectivity index (χ0) is 10.7. The lowest BCUT2D eigenvalue weighted by Gasteiger charge is -2.13. The van der Waals surface area contributed by atoms with Crippen LogP contribution in [0, 0.1) is 5.82 Å². The van der Waals surface area contributed by atoms with Crippen LogP contribution in [-0.2, 0) is 0 Å². The second kappa shape index (κ2) is 4.56. The van der Waals surface area contributed by atoms with Gasteiger partial charge in [-0.05, 0) is 35.6 Å². The number of benzene rings is 1. The van der Waals surface area contributed by atoms with Crippen LogP contribution in [0.15, 0.2) is 18.2 Å². The van der Waals surface area contributed by atoms with Gasteiger partial charge in [-0.3, -0.25) is 0 Å². The van der Waals surface area contributed by atoms with E-state index in [9.17, 15) is 4.39 Å². The van der Waals surface area contributed by atoms with E-state index in [1.54, 1.807) is 0 Å². The highest BCUT2D eigenvalue weighted by Gasteiger charge is 2.10. The zero-order valence-corrected chi connectivity index (χ0v) is 9.05. The van der Waals surface area contributed by atoms with E-state index in [0.717, 1.165) is 11.1 Å². The number of hydrogen-bond donors (Lipinski definition) is 1. The fourth-order valence-corrected chi connectivity index (χ4v) is 1.45. The Labute approximate surface area is 85.1 Å². The topological polar surface area (TPSA) is 26.0 Å². The van der Waals surface area contributed by atoms with Crippen molar-refractivity contribution in [2.75, 3.05) is 6.54 Å². The van der Waals surface area contributed by atoms with Gasteiger partial charge in [-0.2, -0.15) is 0 Å². The number of halogens is 1. The number of rotatable bonds is 3. The van der Waals surface area contributed by atoms with Crippen molar-refractivity contribution in [2.24, 2.45) is 5.73 Å². The van der Waals surface area contributed by atoms with Crippen LogP contribution in [0.3, 0.4) is 0 Å². The molecule has 2 heteroatoms. The average Bonchev–Trinajstić information content (AvgIpc) is 2.17. The molecule has 0 saturated carbocycles. The van der Waals surface area contributed by atoms with Crippen LogP contribution in [0.5, 0.6) is 0 Å². The van der Waals surface area contributed by atoms with E-state index in [4.69, 9.17) is 5.73 Å². The van der Waals surface area contributed by atoms with E-state index >= 15 is 0 Å². The number of nitrogens with two attached hydrogens (primary N) is 1. The van der Waals surface area contributed by atoms with Crippen molar-refractivity contribution >= 4 is 0 Å². The maximum atomic E-state index is 13.4. The van der Waals surface area contributed by atoms with Gasteiger partial charge in [0.1, 0.15) is 5.82 Å². The third-order valence-corrected chi connectivity index (χ3v) is 2.56. The molecule has 78 valence electrons. The third kappa shape index (κ3) is 2.32. The van der Waals surface area contributed by atoms with Crippen LogP contribution >= 0.6 is 0 Å².